The van der Waals surface area contributed by atoms with E-state index in [9.17, 15) is 0 Å². The van der Waals surface area contributed by atoms with Gasteiger partial charge in [-0.1, -0.05) is 38.1 Å². The first-order chi connectivity index (χ1) is 9.69. The Bertz CT molecular complexity index is 537. The predicted octanol–water partition coefficient (Wildman–Crippen LogP) is 4.70. The van der Waals surface area contributed by atoms with Crippen molar-refractivity contribution in [1.29, 1.82) is 0 Å². The lowest BCUT2D eigenvalue weighted by Gasteiger charge is -2.11. The molecule has 0 aliphatic heterocycles. The van der Waals surface area contributed by atoms with Gasteiger partial charge in [0.25, 0.3) is 0 Å². The summed E-state index contributed by atoms with van der Waals surface area (Å²) in [7, 11) is 0. The van der Waals surface area contributed by atoms with Gasteiger partial charge in [-0.3, -0.25) is 0 Å². The third-order valence-electron chi connectivity index (χ3n) is 2.93. The summed E-state index contributed by atoms with van der Waals surface area (Å²) in [6.07, 6.45) is 2.06. The fourth-order valence-electron chi connectivity index (χ4n) is 1.83. The smallest absolute Gasteiger partial charge is 0.140 e. The normalized spacial score (nSPS) is 10.8. The fourth-order valence-corrected chi connectivity index (χ4v) is 2.35. The second-order valence-corrected chi connectivity index (χ2v) is 5.78. The molecule has 0 saturated carbocycles. The first kappa shape index (κ1) is 14.9. The lowest BCUT2D eigenvalue weighted by atomic mass is 10.2. The maximum absolute atomic E-state index is 5.94. The Morgan fingerprint density at radius 1 is 1.05 bits per heavy atom. The van der Waals surface area contributed by atoms with Crippen molar-refractivity contribution in [2.75, 3.05) is 6.26 Å². The van der Waals surface area contributed by atoms with Crippen LogP contribution in [0.4, 0.5) is 0 Å². The monoisotopic (exact) mass is 287 g/mol. The number of nitrogens with one attached hydrogen (secondary N) is 1. The SMILES string of the molecule is CSc1ccccc1Oc1ccc(CNC(C)C)cc1. The summed E-state index contributed by atoms with van der Waals surface area (Å²) in [6.45, 7) is 5.19. The molecule has 2 nitrogen and oxygen atoms in total. The Morgan fingerprint density at radius 2 is 1.75 bits per heavy atom. The average molecular weight is 287 g/mol. The van der Waals surface area contributed by atoms with E-state index in [2.05, 4.69) is 43.6 Å². The molecule has 0 aliphatic carbocycles. The Morgan fingerprint density at radius 3 is 2.40 bits per heavy atom. The molecule has 0 radical (unpaired) electrons. The zero-order valence-electron chi connectivity index (χ0n) is 12.2. The van der Waals surface area contributed by atoms with Crippen LogP contribution in [0.15, 0.2) is 53.4 Å². The van der Waals surface area contributed by atoms with Gasteiger partial charge in [0.15, 0.2) is 0 Å². The third-order valence-corrected chi connectivity index (χ3v) is 3.71. The molecule has 0 fully saturated rings. The number of benzene rings is 2. The Hall–Kier alpha value is -1.45. The zero-order chi connectivity index (χ0) is 14.4. The van der Waals surface area contributed by atoms with Crippen LogP contribution in [0.1, 0.15) is 19.4 Å². The van der Waals surface area contributed by atoms with Gasteiger partial charge in [0.2, 0.25) is 0 Å². The van der Waals surface area contributed by atoms with Crippen LogP contribution in [-0.4, -0.2) is 12.3 Å². The summed E-state index contributed by atoms with van der Waals surface area (Å²) in [5.41, 5.74) is 1.27. The molecular formula is C17H21NOS. The number of para-hydroxylation sites is 1. The van der Waals surface area contributed by atoms with Crippen molar-refractivity contribution in [2.45, 2.75) is 31.3 Å². The van der Waals surface area contributed by atoms with Gasteiger partial charge in [0.05, 0.1) is 0 Å². The number of hydrogen-bond donors (Lipinski definition) is 1. The molecule has 0 spiro atoms. The van der Waals surface area contributed by atoms with Crippen molar-refractivity contribution in [3.63, 3.8) is 0 Å². The summed E-state index contributed by atoms with van der Waals surface area (Å²) >= 11 is 1.69. The van der Waals surface area contributed by atoms with E-state index in [0.717, 1.165) is 22.9 Å². The predicted molar refractivity (Wildman–Crippen MR) is 86.7 cm³/mol. The minimum absolute atomic E-state index is 0.499. The number of thioether (sulfide) groups is 1. The van der Waals surface area contributed by atoms with E-state index in [1.54, 1.807) is 11.8 Å². The van der Waals surface area contributed by atoms with Gasteiger partial charge >= 0.3 is 0 Å². The molecule has 106 valence electrons. The number of ether oxygens (including phenoxy) is 1. The third kappa shape index (κ3) is 4.29. The van der Waals surface area contributed by atoms with Crippen LogP contribution in [0.3, 0.4) is 0 Å². The highest BCUT2D eigenvalue weighted by Gasteiger charge is 2.03. The molecule has 1 N–H and O–H groups in total. The highest BCUT2D eigenvalue weighted by molar-refractivity contribution is 7.98. The fraction of sp³-hybridized carbons (Fsp3) is 0.294. The molecule has 0 atom stereocenters. The number of rotatable bonds is 6. The first-order valence-corrected chi connectivity index (χ1v) is 8.04. The van der Waals surface area contributed by atoms with Crippen molar-refractivity contribution >= 4 is 11.8 Å². The summed E-state index contributed by atoms with van der Waals surface area (Å²) in [5.74, 6) is 1.79. The first-order valence-electron chi connectivity index (χ1n) is 6.82. The Labute approximate surface area is 125 Å². The highest BCUT2D eigenvalue weighted by Crippen LogP contribution is 2.31. The minimum Gasteiger partial charge on any atom is -0.456 e. The number of hydrogen-bond acceptors (Lipinski definition) is 3. The lowest BCUT2D eigenvalue weighted by Crippen LogP contribution is -2.21. The van der Waals surface area contributed by atoms with Crippen molar-refractivity contribution < 1.29 is 4.74 Å². The van der Waals surface area contributed by atoms with E-state index >= 15 is 0 Å². The van der Waals surface area contributed by atoms with E-state index in [1.165, 1.54) is 5.56 Å². The average Bonchev–Trinajstić information content (AvgIpc) is 2.47. The Kier molecular flexibility index (Phi) is 5.50. The summed E-state index contributed by atoms with van der Waals surface area (Å²) in [4.78, 5) is 1.15. The Balaban J connectivity index is 2.03. The second kappa shape index (κ2) is 7.36. The van der Waals surface area contributed by atoms with Gasteiger partial charge in [0, 0.05) is 17.5 Å². The van der Waals surface area contributed by atoms with Crippen LogP contribution in [0.5, 0.6) is 11.5 Å². The summed E-state index contributed by atoms with van der Waals surface area (Å²) in [5, 5.41) is 3.41. The van der Waals surface area contributed by atoms with Crippen LogP contribution >= 0.6 is 11.8 Å². The lowest BCUT2D eigenvalue weighted by molar-refractivity contribution is 0.471. The second-order valence-electron chi connectivity index (χ2n) is 4.93. The van der Waals surface area contributed by atoms with E-state index < -0.39 is 0 Å². The molecule has 0 heterocycles. The quantitative estimate of drug-likeness (QED) is 0.778. The molecule has 0 unspecified atom stereocenters. The summed E-state index contributed by atoms with van der Waals surface area (Å²) in [6, 6.07) is 16.8. The molecule has 2 aromatic carbocycles. The van der Waals surface area contributed by atoms with Crippen molar-refractivity contribution in [3.05, 3.63) is 54.1 Å². The molecule has 0 bridgehead atoms. The van der Waals surface area contributed by atoms with Crippen LogP contribution in [0.2, 0.25) is 0 Å². The van der Waals surface area contributed by atoms with E-state index in [4.69, 9.17) is 4.74 Å². The molecular weight excluding hydrogens is 266 g/mol. The van der Waals surface area contributed by atoms with E-state index in [-0.39, 0.29) is 0 Å². The maximum atomic E-state index is 5.94. The van der Waals surface area contributed by atoms with Crippen LogP contribution < -0.4 is 10.1 Å². The standard InChI is InChI=1S/C17H21NOS/c1-13(2)18-12-14-8-10-15(11-9-14)19-16-6-4-5-7-17(16)20-3/h4-11,13,18H,12H2,1-3H3. The van der Waals surface area contributed by atoms with Gasteiger partial charge < -0.3 is 10.1 Å². The van der Waals surface area contributed by atoms with Gasteiger partial charge in [-0.05, 0) is 36.1 Å². The van der Waals surface area contributed by atoms with E-state index in [0.29, 0.717) is 6.04 Å². The molecule has 2 rings (SSSR count). The van der Waals surface area contributed by atoms with Gasteiger partial charge in [0.1, 0.15) is 11.5 Å². The van der Waals surface area contributed by atoms with Crippen LogP contribution in [-0.2, 0) is 6.54 Å². The summed E-state index contributed by atoms with van der Waals surface area (Å²) < 4.78 is 5.94. The van der Waals surface area contributed by atoms with Crippen molar-refractivity contribution in [2.24, 2.45) is 0 Å². The zero-order valence-corrected chi connectivity index (χ0v) is 13.0. The van der Waals surface area contributed by atoms with Crippen molar-refractivity contribution in [1.82, 2.24) is 5.32 Å². The molecule has 20 heavy (non-hydrogen) atoms. The van der Waals surface area contributed by atoms with Crippen LogP contribution in [0.25, 0.3) is 0 Å². The van der Waals surface area contributed by atoms with Crippen molar-refractivity contribution in [3.8, 4) is 11.5 Å². The highest BCUT2D eigenvalue weighted by atomic mass is 32.2. The topological polar surface area (TPSA) is 21.3 Å². The molecule has 0 aliphatic rings. The molecule has 0 saturated heterocycles. The van der Waals surface area contributed by atoms with Gasteiger partial charge in [-0.15, -0.1) is 11.8 Å². The van der Waals surface area contributed by atoms with Gasteiger partial charge in [-0.25, -0.2) is 0 Å². The largest absolute Gasteiger partial charge is 0.456 e. The molecule has 0 amide bonds. The molecule has 2 aromatic rings. The molecule has 3 heteroatoms. The minimum atomic E-state index is 0.499. The maximum Gasteiger partial charge on any atom is 0.140 e. The molecule has 0 aromatic heterocycles. The van der Waals surface area contributed by atoms with Gasteiger partial charge in [-0.2, -0.15) is 0 Å². The van der Waals surface area contributed by atoms with Crippen LogP contribution in [0, 0.1) is 0 Å². The van der Waals surface area contributed by atoms with E-state index in [1.807, 2.05) is 30.3 Å².